The van der Waals surface area contributed by atoms with Crippen molar-refractivity contribution in [1.82, 2.24) is 0 Å². The predicted octanol–water partition coefficient (Wildman–Crippen LogP) is 3.23. The highest BCUT2D eigenvalue weighted by Gasteiger charge is 2.39. The van der Waals surface area contributed by atoms with E-state index in [1.807, 2.05) is 0 Å². The molecule has 0 aliphatic heterocycles. The molecule has 14 heavy (non-hydrogen) atoms. The van der Waals surface area contributed by atoms with E-state index in [4.69, 9.17) is 39.9 Å². The number of hydrogen-bond donors (Lipinski definition) is 1. The van der Waals surface area contributed by atoms with Gasteiger partial charge in [-0.25, -0.2) is 0 Å². The fourth-order valence-electron chi connectivity index (χ4n) is 1.12. The van der Waals surface area contributed by atoms with Crippen molar-refractivity contribution in [2.45, 2.75) is 9.71 Å². The molecular formula is C9H7Cl3O2. The Hall–Kier alpha value is -0.440. The highest BCUT2D eigenvalue weighted by Crippen LogP contribution is 2.41. The number of halogens is 3. The molecule has 0 aliphatic rings. The molecule has 76 valence electrons. The summed E-state index contributed by atoms with van der Waals surface area (Å²) in [6.45, 7) is 0. The van der Waals surface area contributed by atoms with Crippen LogP contribution in [-0.4, -0.2) is 14.9 Å². The van der Waals surface area contributed by atoms with Gasteiger partial charge in [0.1, 0.15) is 5.92 Å². The lowest BCUT2D eigenvalue weighted by Gasteiger charge is -2.20. The second-order valence-corrected chi connectivity index (χ2v) is 5.09. The Morgan fingerprint density at radius 3 is 2.07 bits per heavy atom. The number of hydrogen-bond acceptors (Lipinski definition) is 1. The maximum atomic E-state index is 10.9. The zero-order valence-corrected chi connectivity index (χ0v) is 9.22. The SMILES string of the molecule is O=C(O)C(c1ccccc1)C(Cl)(Cl)Cl. The zero-order valence-electron chi connectivity index (χ0n) is 6.95. The second kappa shape index (κ2) is 4.39. The zero-order chi connectivity index (χ0) is 10.8. The van der Waals surface area contributed by atoms with Gasteiger partial charge in [-0.05, 0) is 5.56 Å². The third kappa shape index (κ3) is 2.77. The molecule has 0 saturated carbocycles. The number of rotatable bonds is 2. The first-order chi connectivity index (χ1) is 6.43. The van der Waals surface area contributed by atoms with Crippen LogP contribution in [0.15, 0.2) is 30.3 Å². The third-order valence-corrected chi connectivity index (χ3v) is 2.36. The summed E-state index contributed by atoms with van der Waals surface area (Å²) < 4.78 is -1.84. The van der Waals surface area contributed by atoms with Crippen LogP contribution in [0.1, 0.15) is 11.5 Å². The Labute approximate surface area is 96.4 Å². The van der Waals surface area contributed by atoms with Gasteiger partial charge in [0.15, 0.2) is 0 Å². The van der Waals surface area contributed by atoms with Gasteiger partial charge in [0.05, 0.1) is 0 Å². The van der Waals surface area contributed by atoms with Gasteiger partial charge in [-0.2, -0.15) is 0 Å². The summed E-state index contributed by atoms with van der Waals surface area (Å²) in [6.07, 6.45) is 0. The van der Waals surface area contributed by atoms with Crippen LogP contribution < -0.4 is 0 Å². The van der Waals surface area contributed by atoms with Crippen LogP contribution in [0.3, 0.4) is 0 Å². The predicted molar refractivity (Wildman–Crippen MR) is 57.1 cm³/mol. The Morgan fingerprint density at radius 2 is 1.71 bits per heavy atom. The van der Waals surface area contributed by atoms with Gasteiger partial charge in [0, 0.05) is 0 Å². The van der Waals surface area contributed by atoms with E-state index in [1.54, 1.807) is 30.3 Å². The van der Waals surface area contributed by atoms with Crippen LogP contribution in [-0.2, 0) is 4.79 Å². The molecule has 0 aliphatic carbocycles. The summed E-state index contributed by atoms with van der Waals surface area (Å²) in [4.78, 5) is 10.9. The van der Waals surface area contributed by atoms with Crippen molar-refractivity contribution in [3.8, 4) is 0 Å². The van der Waals surface area contributed by atoms with E-state index in [0.717, 1.165) is 0 Å². The number of aliphatic carboxylic acids is 1. The smallest absolute Gasteiger partial charge is 0.315 e. The van der Waals surface area contributed by atoms with Crippen molar-refractivity contribution >= 4 is 40.8 Å². The van der Waals surface area contributed by atoms with Gasteiger partial charge in [0.25, 0.3) is 0 Å². The van der Waals surface area contributed by atoms with Crippen LogP contribution in [0, 0.1) is 0 Å². The van der Waals surface area contributed by atoms with Gasteiger partial charge in [-0.1, -0.05) is 65.1 Å². The fraction of sp³-hybridized carbons (Fsp3) is 0.222. The Balaban J connectivity index is 3.08. The second-order valence-electron chi connectivity index (χ2n) is 2.72. The van der Waals surface area contributed by atoms with Crippen molar-refractivity contribution in [2.75, 3.05) is 0 Å². The minimum atomic E-state index is -1.84. The van der Waals surface area contributed by atoms with E-state index in [1.165, 1.54) is 0 Å². The van der Waals surface area contributed by atoms with E-state index in [0.29, 0.717) is 5.56 Å². The van der Waals surface area contributed by atoms with E-state index < -0.39 is 15.7 Å². The van der Waals surface area contributed by atoms with Gasteiger partial charge >= 0.3 is 5.97 Å². The Morgan fingerprint density at radius 1 is 1.21 bits per heavy atom. The number of carboxylic acids is 1. The van der Waals surface area contributed by atoms with Crippen LogP contribution in [0.25, 0.3) is 0 Å². The largest absolute Gasteiger partial charge is 0.481 e. The maximum absolute atomic E-state index is 10.9. The van der Waals surface area contributed by atoms with E-state index in [9.17, 15) is 4.79 Å². The monoisotopic (exact) mass is 252 g/mol. The molecule has 0 heterocycles. The van der Waals surface area contributed by atoms with E-state index in [2.05, 4.69) is 0 Å². The van der Waals surface area contributed by atoms with Crippen molar-refractivity contribution in [3.63, 3.8) is 0 Å². The van der Waals surface area contributed by atoms with Crippen LogP contribution >= 0.6 is 34.8 Å². The summed E-state index contributed by atoms with van der Waals surface area (Å²) in [7, 11) is 0. The van der Waals surface area contributed by atoms with Crippen molar-refractivity contribution in [2.24, 2.45) is 0 Å². The van der Waals surface area contributed by atoms with Gasteiger partial charge in [-0.15, -0.1) is 0 Å². The molecule has 1 aromatic carbocycles. The van der Waals surface area contributed by atoms with E-state index in [-0.39, 0.29) is 0 Å². The average Bonchev–Trinajstić information content (AvgIpc) is 2.02. The molecule has 0 bridgehead atoms. The summed E-state index contributed by atoms with van der Waals surface area (Å²) in [6, 6.07) is 8.38. The third-order valence-electron chi connectivity index (χ3n) is 1.71. The normalized spacial score (nSPS) is 13.6. The first-order valence-electron chi connectivity index (χ1n) is 3.77. The molecule has 1 N–H and O–H groups in total. The molecule has 1 unspecified atom stereocenters. The van der Waals surface area contributed by atoms with Crippen molar-refractivity contribution in [3.05, 3.63) is 35.9 Å². The molecule has 1 atom stereocenters. The lowest BCUT2D eigenvalue weighted by atomic mass is 10.0. The molecule has 5 heteroatoms. The van der Waals surface area contributed by atoms with Gasteiger partial charge in [-0.3, -0.25) is 4.79 Å². The van der Waals surface area contributed by atoms with Gasteiger partial charge in [0.2, 0.25) is 3.79 Å². The number of alkyl halides is 3. The average molecular weight is 254 g/mol. The highest BCUT2D eigenvalue weighted by atomic mass is 35.6. The maximum Gasteiger partial charge on any atom is 0.315 e. The van der Waals surface area contributed by atoms with Crippen molar-refractivity contribution in [1.29, 1.82) is 0 Å². The lowest BCUT2D eigenvalue weighted by molar-refractivity contribution is -0.138. The van der Waals surface area contributed by atoms with Crippen LogP contribution in [0.4, 0.5) is 0 Å². The molecule has 0 radical (unpaired) electrons. The highest BCUT2D eigenvalue weighted by molar-refractivity contribution is 6.68. The lowest BCUT2D eigenvalue weighted by Crippen LogP contribution is -2.25. The minimum absolute atomic E-state index is 0.472. The molecule has 0 spiro atoms. The Bertz CT molecular complexity index is 319. The number of carbonyl (C=O) groups is 1. The quantitative estimate of drug-likeness (QED) is 0.822. The molecule has 0 fully saturated rings. The Kier molecular flexibility index (Phi) is 3.65. The summed E-state index contributed by atoms with van der Waals surface area (Å²) in [5, 5.41) is 8.91. The topological polar surface area (TPSA) is 37.3 Å². The summed E-state index contributed by atoms with van der Waals surface area (Å²) >= 11 is 16.7. The number of benzene rings is 1. The molecule has 0 saturated heterocycles. The first-order valence-corrected chi connectivity index (χ1v) is 4.91. The molecule has 0 aromatic heterocycles. The first kappa shape index (κ1) is 11.6. The number of carboxylic acid groups (broad SMARTS) is 1. The summed E-state index contributed by atoms with van der Waals surface area (Å²) in [5.41, 5.74) is 0.472. The van der Waals surface area contributed by atoms with Crippen LogP contribution in [0.2, 0.25) is 0 Å². The molecule has 2 nitrogen and oxygen atoms in total. The molecular weight excluding hydrogens is 246 g/mol. The molecule has 1 aromatic rings. The van der Waals surface area contributed by atoms with Crippen LogP contribution in [0.5, 0.6) is 0 Å². The van der Waals surface area contributed by atoms with Crippen molar-refractivity contribution < 1.29 is 9.90 Å². The summed E-state index contributed by atoms with van der Waals surface area (Å²) in [5.74, 6) is -2.30. The molecule has 1 rings (SSSR count). The minimum Gasteiger partial charge on any atom is -0.481 e. The fourth-order valence-corrected chi connectivity index (χ4v) is 1.78. The molecule has 0 amide bonds. The van der Waals surface area contributed by atoms with Gasteiger partial charge < -0.3 is 5.11 Å². The van der Waals surface area contributed by atoms with E-state index >= 15 is 0 Å². The standard InChI is InChI=1S/C9H7Cl3O2/c10-9(11,12)7(8(13)14)6-4-2-1-3-5-6/h1-5,7H,(H,13,14).